The van der Waals surface area contributed by atoms with Crippen LogP contribution in [0.25, 0.3) is 0 Å². The number of nitrogens with zero attached hydrogens (tertiary/aromatic N) is 1. The molecule has 21 heavy (non-hydrogen) atoms. The van der Waals surface area contributed by atoms with Crippen LogP contribution in [0.3, 0.4) is 0 Å². The van der Waals surface area contributed by atoms with Crippen molar-refractivity contribution in [3.05, 3.63) is 50.9 Å². The predicted molar refractivity (Wildman–Crippen MR) is 90.3 cm³/mol. The van der Waals surface area contributed by atoms with Crippen molar-refractivity contribution in [1.82, 2.24) is 10.3 Å². The highest BCUT2D eigenvalue weighted by Gasteiger charge is 2.29. The van der Waals surface area contributed by atoms with Crippen molar-refractivity contribution < 1.29 is 0 Å². The molecule has 0 aliphatic heterocycles. The Morgan fingerprint density at radius 1 is 1.24 bits per heavy atom. The highest BCUT2D eigenvalue weighted by atomic mass is 35.5. The van der Waals surface area contributed by atoms with Gasteiger partial charge in [0.05, 0.1) is 11.7 Å². The first-order chi connectivity index (χ1) is 9.93. The fraction of sp³-hybridized carbons (Fsp3) is 0.471. The van der Waals surface area contributed by atoms with E-state index in [1.807, 2.05) is 12.1 Å². The predicted octanol–water partition coefficient (Wildman–Crippen LogP) is 4.94. The topological polar surface area (TPSA) is 24.9 Å². The van der Waals surface area contributed by atoms with Crippen molar-refractivity contribution in [2.45, 2.75) is 51.1 Å². The van der Waals surface area contributed by atoms with Crippen LogP contribution < -0.4 is 5.32 Å². The van der Waals surface area contributed by atoms with Gasteiger partial charge >= 0.3 is 0 Å². The van der Waals surface area contributed by atoms with Crippen molar-refractivity contribution >= 4 is 22.9 Å². The lowest BCUT2D eigenvalue weighted by molar-refractivity contribution is 0.557. The van der Waals surface area contributed by atoms with Crippen molar-refractivity contribution in [3.8, 4) is 0 Å². The fourth-order valence-corrected chi connectivity index (χ4v) is 3.47. The summed E-state index contributed by atoms with van der Waals surface area (Å²) in [5.41, 5.74) is 2.50. The number of nitrogens with one attached hydrogen (secondary N) is 1. The van der Waals surface area contributed by atoms with Crippen molar-refractivity contribution in [2.75, 3.05) is 0 Å². The lowest BCUT2D eigenvalue weighted by atomic mass is 9.93. The summed E-state index contributed by atoms with van der Waals surface area (Å²) < 4.78 is 0. The van der Waals surface area contributed by atoms with E-state index in [1.165, 1.54) is 24.1 Å². The minimum Gasteiger partial charge on any atom is -0.301 e. The summed E-state index contributed by atoms with van der Waals surface area (Å²) >= 11 is 7.76. The molecule has 0 radical (unpaired) electrons. The molecule has 1 fully saturated rings. The van der Waals surface area contributed by atoms with Crippen LogP contribution in [-0.4, -0.2) is 11.0 Å². The van der Waals surface area contributed by atoms with Gasteiger partial charge in [0.25, 0.3) is 0 Å². The van der Waals surface area contributed by atoms with Crippen LogP contribution in [0.4, 0.5) is 0 Å². The molecule has 4 heteroatoms. The molecule has 1 N–H and O–H groups in total. The summed E-state index contributed by atoms with van der Waals surface area (Å²) in [6.45, 7) is 6.62. The number of rotatable bonds is 4. The van der Waals surface area contributed by atoms with E-state index in [0.717, 1.165) is 10.0 Å². The summed E-state index contributed by atoms with van der Waals surface area (Å²) in [6.07, 6.45) is 2.53. The molecule has 1 aromatic heterocycles. The van der Waals surface area contributed by atoms with Gasteiger partial charge in [0.1, 0.15) is 5.01 Å². The summed E-state index contributed by atoms with van der Waals surface area (Å²) in [4.78, 5) is 4.88. The van der Waals surface area contributed by atoms with Crippen molar-refractivity contribution in [1.29, 1.82) is 0 Å². The number of aromatic nitrogens is 1. The van der Waals surface area contributed by atoms with E-state index < -0.39 is 0 Å². The number of hydrogen-bond donors (Lipinski definition) is 1. The van der Waals surface area contributed by atoms with E-state index in [1.54, 1.807) is 11.3 Å². The maximum Gasteiger partial charge on any atom is 0.114 e. The largest absolute Gasteiger partial charge is 0.301 e. The van der Waals surface area contributed by atoms with Gasteiger partial charge in [0.15, 0.2) is 0 Å². The van der Waals surface area contributed by atoms with E-state index in [-0.39, 0.29) is 11.5 Å². The molecule has 2 nitrogen and oxygen atoms in total. The third-order valence-electron chi connectivity index (χ3n) is 3.72. The molecule has 1 aliphatic rings. The Morgan fingerprint density at radius 2 is 1.90 bits per heavy atom. The van der Waals surface area contributed by atoms with E-state index in [9.17, 15) is 0 Å². The second kappa shape index (κ2) is 5.71. The Balaban J connectivity index is 1.91. The van der Waals surface area contributed by atoms with Crippen molar-refractivity contribution in [2.24, 2.45) is 0 Å². The first-order valence-corrected chi connectivity index (χ1v) is 8.66. The summed E-state index contributed by atoms with van der Waals surface area (Å²) in [7, 11) is 0. The zero-order chi connectivity index (χ0) is 15.0. The molecular formula is C17H21ClN2S. The molecule has 1 saturated carbocycles. The molecule has 3 rings (SSSR count). The van der Waals surface area contributed by atoms with E-state index in [0.29, 0.717) is 6.04 Å². The first kappa shape index (κ1) is 15.0. The molecular weight excluding hydrogens is 300 g/mol. The SMILES string of the molecule is CC(C)(C)c1csc(C(NC2CC2)c2ccc(Cl)cc2)n1. The third-order valence-corrected chi connectivity index (χ3v) is 4.88. The molecule has 1 heterocycles. The van der Waals surface area contributed by atoms with Crippen LogP contribution >= 0.6 is 22.9 Å². The van der Waals surface area contributed by atoms with Crippen molar-refractivity contribution in [3.63, 3.8) is 0 Å². The molecule has 1 atom stereocenters. The molecule has 0 amide bonds. The number of thiazole rings is 1. The van der Waals surface area contributed by atoms with Crippen LogP contribution in [0.5, 0.6) is 0 Å². The molecule has 0 spiro atoms. The van der Waals surface area contributed by atoms with Gasteiger partial charge in [-0.2, -0.15) is 0 Å². The first-order valence-electron chi connectivity index (χ1n) is 7.41. The average Bonchev–Trinajstić information content (AvgIpc) is 3.10. The zero-order valence-electron chi connectivity index (χ0n) is 12.7. The zero-order valence-corrected chi connectivity index (χ0v) is 14.3. The molecule has 1 aromatic carbocycles. The number of halogens is 1. The normalized spacial score (nSPS) is 17.0. The van der Waals surface area contributed by atoms with Gasteiger partial charge in [-0.25, -0.2) is 4.98 Å². The third kappa shape index (κ3) is 3.65. The second-order valence-electron chi connectivity index (χ2n) is 6.75. The number of benzene rings is 1. The molecule has 112 valence electrons. The van der Waals surface area contributed by atoms with Gasteiger partial charge < -0.3 is 5.32 Å². The quantitative estimate of drug-likeness (QED) is 0.863. The molecule has 0 saturated heterocycles. The lowest BCUT2D eigenvalue weighted by Crippen LogP contribution is -2.24. The van der Waals surface area contributed by atoms with E-state index >= 15 is 0 Å². The van der Waals surface area contributed by atoms with Gasteiger partial charge in [-0.15, -0.1) is 11.3 Å². The maximum atomic E-state index is 6.01. The monoisotopic (exact) mass is 320 g/mol. The van der Waals surface area contributed by atoms with Crippen LogP contribution in [0.15, 0.2) is 29.6 Å². The molecule has 2 aromatic rings. The summed E-state index contributed by atoms with van der Waals surface area (Å²) in [5, 5.41) is 7.82. The second-order valence-corrected chi connectivity index (χ2v) is 8.07. The fourth-order valence-electron chi connectivity index (χ4n) is 2.22. The minimum absolute atomic E-state index is 0.0961. The van der Waals surface area contributed by atoms with Crippen LogP contribution in [0.2, 0.25) is 5.02 Å². The van der Waals surface area contributed by atoms with Gasteiger partial charge in [0, 0.05) is 21.9 Å². The van der Waals surface area contributed by atoms with Crippen LogP contribution in [0, 0.1) is 0 Å². The Labute approximate surface area is 135 Å². The Kier molecular flexibility index (Phi) is 4.08. The smallest absolute Gasteiger partial charge is 0.114 e. The number of hydrogen-bond acceptors (Lipinski definition) is 3. The van der Waals surface area contributed by atoms with E-state index in [4.69, 9.17) is 16.6 Å². The van der Waals surface area contributed by atoms with Gasteiger partial charge in [-0.05, 0) is 30.5 Å². The van der Waals surface area contributed by atoms with Crippen LogP contribution in [-0.2, 0) is 5.41 Å². The Hall–Kier alpha value is -0.900. The molecule has 0 bridgehead atoms. The van der Waals surface area contributed by atoms with Crippen LogP contribution in [0.1, 0.15) is 55.9 Å². The lowest BCUT2D eigenvalue weighted by Gasteiger charge is -2.18. The minimum atomic E-state index is 0.0961. The summed E-state index contributed by atoms with van der Waals surface area (Å²) in [6, 6.07) is 8.91. The highest BCUT2D eigenvalue weighted by molar-refractivity contribution is 7.09. The summed E-state index contributed by atoms with van der Waals surface area (Å²) in [5.74, 6) is 0. The Morgan fingerprint density at radius 3 is 2.43 bits per heavy atom. The van der Waals surface area contributed by atoms with E-state index in [2.05, 4.69) is 43.6 Å². The maximum absolute atomic E-state index is 6.01. The van der Waals surface area contributed by atoms with Gasteiger partial charge in [-0.1, -0.05) is 44.5 Å². The highest BCUT2D eigenvalue weighted by Crippen LogP contribution is 2.33. The molecule has 1 unspecified atom stereocenters. The average molecular weight is 321 g/mol. The Bertz CT molecular complexity index is 608. The van der Waals surface area contributed by atoms with Gasteiger partial charge in [0.2, 0.25) is 0 Å². The molecule has 1 aliphatic carbocycles. The standard InChI is InChI=1S/C17H21ClN2S/c1-17(2,3)14-10-21-16(20-14)15(19-13-8-9-13)11-4-6-12(18)7-5-11/h4-7,10,13,15,19H,8-9H2,1-3H3. The van der Waals surface area contributed by atoms with Gasteiger partial charge in [-0.3, -0.25) is 0 Å².